The fraction of sp³-hybridized carbons (Fsp3) is 0.192. The van der Waals surface area contributed by atoms with Crippen LogP contribution in [0.5, 0.6) is 17.2 Å². The minimum absolute atomic E-state index is 0.270. The molecule has 170 valence electrons. The van der Waals surface area contributed by atoms with Gasteiger partial charge >= 0.3 is 0 Å². The molecule has 0 amide bonds. The van der Waals surface area contributed by atoms with Crippen LogP contribution in [-0.4, -0.2) is 34.0 Å². The van der Waals surface area contributed by atoms with Gasteiger partial charge in [0.2, 0.25) is 5.95 Å². The first-order valence-electron chi connectivity index (χ1n) is 11.0. The lowest BCUT2D eigenvalue weighted by Gasteiger charge is -2.39. The molecule has 4 heterocycles. The van der Waals surface area contributed by atoms with Crippen LogP contribution in [-0.2, 0) is 0 Å². The standard InChI is InChI=1S/C26H23N5O3/c1-15-6-9-20-19(11-15)23-22(25(34-20)18-8-7-17(32-2)12-21(18)33-3)24(16-5-4-10-27-13-16)31-26(30-23)28-14-29-31/h4-14,24-25H,1-3H3,(H,28,29,30)/t24-,25+/m0/s1. The molecular weight excluding hydrogens is 430 g/mol. The Morgan fingerprint density at radius 1 is 1.06 bits per heavy atom. The molecule has 2 aromatic carbocycles. The summed E-state index contributed by atoms with van der Waals surface area (Å²) in [5.74, 6) is 2.85. The van der Waals surface area contributed by atoms with Crippen molar-refractivity contribution in [3.8, 4) is 17.2 Å². The highest BCUT2D eigenvalue weighted by Gasteiger charge is 2.42. The molecule has 0 unspecified atom stereocenters. The molecule has 34 heavy (non-hydrogen) atoms. The largest absolute Gasteiger partial charge is 0.497 e. The van der Waals surface area contributed by atoms with Gasteiger partial charge in [0.25, 0.3) is 0 Å². The number of nitrogens with one attached hydrogen (secondary N) is 1. The van der Waals surface area contributed by atoms with Gasteiger partial charge < -0.3 is 19.5 Å². The third-order valence-corrected chi connectivity index (χ3v) is 6.29. The number of aryl methyl sites for hydroxylation is 1. The SMILES string of the molecule is COc1ccc([C@H]2Oc3ccc(C)cc3C3=C2[C@H](c2cccnc2)n2ncnc2N3)c(OC)c1. The Balaban J connectivity index is 1.64. The summed E-state index contributed by atoms with van der Waals surface area (Å²) in [5.41, 5.74) is 5.97. The fourth-order valence-corrected chi connectivity index (χ4v) is 4.74. The van der Waals surface area contributed by atoms with E-state index in [-0.39, 0.29) is 6.04 Å². The predicted molar refractivity (Wildman–Crippen MR) is 127 cm³/mol. The number of anilines is 1. The average molecular weight is 454 g/mol. The van der Waals surface area contributed by atoms with Crippen molar-refractivity contribution in [2.24, 2.45) is 0 Å². The third-order valence-electron chi connectivity index (χ3n) is 6.29. The summed E-state index contributed by atoms with van der Waals surface area (Å²) >= 11 is 0. The van der Waals surface area contributed by atoms with Crippen LogP contribution in [0.25, 0.3) is 5.70 Å². The second-order valence-electron chi connectivity index (χ2n) is 8.28. The van der Waals surface area contributed by atoms with E-state index in [2.05, 4.69) is 39.4 Å². The van der Waals surface area contributed by atoms with Crippen molar-refractivity contribution in [1.82, 2.24) is 19.7 Å². The van der Waals surface area contributed by atoms with Gasteiger partial charge in [-0.05, 0) is 42.8 Å². The maximum absolute atomic E-state index is 6.70. The maximum atomic E-state index is 6.70. The van der Waals surface area contributed by atoms with Gasteiger partial charge in [0.1, 0.15) is 29.6 Å². The van der Waals surface area contributed by atoms with E-state index < -0.39 is 6.10 Å². The number of fused-ring (bicyclic) bond motifs is 3. The summed E-state index contributed by atoms with van der Waals surface area (Å²) in [5, 5.41) is 8.08. The second kappa shape index (κ2) is 7.91. The molecule has 1 N–H and O–H groups in total. The van der Waals surface area contributed by atoms with E-state index in [9.17, 15) is 0 Å². The lowest BCUT2D eigenvalue weighted by atomic mass is 9.84. The molecule has 6 rings (SSSR count). The van der Waals surface area contributed by atoms with Gasteiger partial charge in [-0.3, -0.25) is 4.98 Å². The monoisotopic (exact) mass is 453 g/mol. The van der Waals surface area contributed by atoms with E-state index in [4.69, 9.17) is 14.2 Å². The summed E-state index contributed by atoms with van der Waals surface area (Å²) in [6.07, 6.45) is 4.74. The number of rotatable bonds is 4. The van der Waals surface area contributed by atoms with Crippen molar-refractivity contribution < 1.29 is 14.2 Å². The summed E-state index contributed by atoms with van der Waals surface area (Å²) in [7, 11) is 3.29. The van der Waals surface area contributed by atoms with Crippen LogP contribution in [0.2, 0.25) is 0 Å². The van der Waals surface area contributed by atoms with Crippen LogP contribution >= 0.6 is 0 Å². The summed E-state index contributed by atoms with van der Waals surface area (Å²) in [6.45, 7) is 2.07. The number of methoxy groups -OCH3 is 2. The zero-order chi connectivity index (χ0) is 23.2. The Morgan fingerprint density at radius 3 is 2.76 bits per heavy atom. The molecule has 8 nitrogen and oxygen atoms in total. The molecule has 0 bridgehead atoms. The third kappa shape index (κ3) is 3.10. The van der Waals surface area contributed by atoms with E-state index >= 15 is 0 Å². The quantitative estimate of drug-likeness (QED) is 0.485. The van der Waals surface area contributed by atoms with Crippen LogP contribution in [0.3, 0.4) is 0 Å². The highest BCUT2D eigenvalue weighted by molar-refractivity contribution is 5.85. The number of ether oxygens (including phenoxy) is 3. The molecular formula is C26H23N5O3. The molecule has 0 aliphatic carbocycles. The van der Waals surface area contributed by atoms with Crippen molar-refractivity contribution in [2.75, 3.05) is 19.5 Å². The van der Waals surface area contributed by atoms with E-state index in [1.54, 1.807) is 26.7 Å². The lowest BCUT2D eigenvalue weighted by Crippen LogP contribution is -2.32. The molecule has 4 aromatic rings. The molecule has 2 aliphatic heterocycles. The number of benzene rings is 2. The highest BCUT2D eigenvalue weighted by Crippen LogP contribution is 2.52. The average Bonchev–Trinajstić information content (AvgIpc) is 3.35. The van der Waals surface area contributed by atoms with E-state index in [0.717, 1.165) is 39.3 Å². The van der Waals surface area contributed by atoms with Gasteiger partial charge in [0.05, 0.1) is 19.9 Å². The topological polar surface area (TPSA) is 83.3 Å². The van der Waals surface area contributed by atoms with Crippen LogP contribution in [0.15, 0.2) is 72.8 Å². The number of aromatic nitrogens is 4. The molecule has 0 saturated heterocycles. The normalized spacial score (nSPS) is 18.2. The van der Waals surface area contributed by atoms with E-state index in [0.29, 0.717) is 17.4 Å². The van der Waals surface area contributed by atoms with E-state index in [1.165, 1.54) is 0 Å². The second-order valence-corrected chi connectivity index (χ2v) is 8.28. The Kier molecular flexibility index (Phi) is 4.72. The van der Waals surface area contributed by atoms with Gasteiger partial charge in [0.15, 0.2) is 6.10 Å². The Hall–Kier alpha value is -4.33. The van der Waals surface area contributed by atoms with Crippen LogP contribution in [0.1, 0.15) is 34.4 Å². The summed E-state index contributed by atoms with van der Waals surface area (Å²) < 4.78 is 19.8. The first kappa shape index (κ1) is 20.3. The number of hydrogen-bond acceptors (Lipinski definition) is 7. The van der Waals surface area contributed by atoms with Crippen LogP contribution in [0, 0.1) is 6.92 Å². The minimum Gasteiger partial charge on any atom is -0.497 e. The maximum Gasteiger partial charge on any atom is 0.226 e. The van der Waals surface area contributed by atoms with Crippen molar-refractivity contribution in [2.45, 2.75) is 19.1 Å². The first-order chi connectivity index (χ1) is 16.7. The Morgan fingerprint density at radius 2 is 1.97 bits per heavy atom. The van der Waals surface area contributed by atoms with E-state index in [1.807, 2.05) is 47.3 Å². The number of pyridine rings is 1. The van der Waals surface area contributed by atoms with Gasteiger partial charge in [-0.15, -0.1) is 0 Å². The smallest absolute Gasteiger partial charge is 0.226 e. The number of nitrogens with zero attached hydrogens (tertiary/aromatic N) is 4. The molecule has 2 aliphatic rings. The Bertz CT molecular complexity index is 1410. The summed E-state index contributed by atoms with van der Waals surface area (Å²) in [6, 6.07) is 15.7. The highest BCUT2D eigenvalue weighted by atomic mass is 16.5. The van der Waals surface area contributed by atoms with Crippen molar-refractivity contribution in [3.05, 3.63) is 95.1 Å². The summed E-state index contributed by atoms with van der Waals surface area (Å²) in [4.78, 5) is 8.86. The van der Waals surface area contributed by atoms with Crippen LogP contribution in [0.4, 0.5) is 5.95 Å². The van der Waals surface area contributed by atoms with Gasteiger partial charge in [-0.1, -0.05) is 17.7 Å². The van der Waals surface area contributed by atoms with Crippen LogP contribution < -0.4 is 19.5 Å². The molecule has 0 fully saturated rings. The van der Waals surface area contributed by atoms with Crippen molar-refractivity contribution in [3.63, 3.8) is 0 Å². The fourth-order valence-electron chi connectivity index (χ4n) is 4.74. The molecule has 8 heteroatoms. The lowest BCUT2D eigenvalue weighted by molar-refractivity contribution is 0.217. The predicted octanol–water partition coefficient (Wildman–Crippen LogP) is 4.56. The number of hydrogen-bond donors (Lipinski definition) is 1. The van der Waals surface area contributed by atoms with Gasteiger partial charge in [-0.2, -0.15) is 10.1 Å². The van der Waals surface area contributed by atoms with Gasteiger partial charge in [0, 0.05) is 35.2 Å². The first-order valence-corrected chi connectivity index (χ1v) is 11.0. The minimum atomic E-state index is -0.443. The zero-order valence-electron chi connectivity index (χ0n) is 19.0. The Labute approximate surface area is 196 Å². The van der Waals surface area contributed by atoms with Crippen molar-refractivity contribution >= 4 is 11.6 Å². The molecule has 0 saturated carbocycles. The molecule has 2 atom stereocenters. The molecule has 0 spiro atoms. The van der Waals surface area contributed by atoms with Gasteiger partial charge in [-0.25, -0.2) is 4.68 Å². The van der Waals surface area contributed by atoms with Crippen molar-refractivity contribution in [1.29, 1.82) is 0 Å². The molecule has 0 radical (unpaired) electrons. The zero-order valence-corrected chi connectivity index (χ0v) is 19.0. The molecule has 2 aromatic heterocycles.